The first-order valence-corrected chi connectivity index (χ1v) is 5.17. The summed E-state index contributed by atoms with van der Waals surface area (Å²) >= 11 is 0. The smallest absolute Gasteiger partial charge is 0.333 e. The van der Waals surface area contributed by atoms with E-state index in [1.807, 2.05) is 6.92 Å². The molecule has 0 radical (unpaired) electrons. The van der Waals surface area contributed by atoms with E-state index in [0.29, 0.717) is 18.5 Å². The van der Waals surface area contributed by atoms with Crippen LogP contribution in [-0.4, -0.2) is 25.0 Å². The summed E-state index contributed by atoms with van der Waals surface area (Å²) in [5, 5.41) is 2.67. The number of carbonyl (C=O) groups is 2. The van der Waals surface area contributed by atoms with E-state index in [2.05, 4.69) is 11.9 Å². The van der Waals surface area contributed by atoms with Crippen molar-refractivity contribution in [1.29, 1.82) is 0 Å². The third-order valence-corrected chi connectivity index (χ3v) is 1.76. The number of ether oxygens (including phenoxy) is 1. The van der Waals surface area contributed by atoms with Crippen molar-refractivity contribution in [2.24, 2.45) is 0 Å². The molecule has 0 heterocycles. The van der Waals surface area contributed by atoms with Gasteiger partial charge in [-0.05, 0) is 13.3 Å². The summed E-state index contributed by atoms with van der Waals surface area (Å²) in [6, 6.07) is 0. The zero-order chi connectivity index (χ0) is 11.7. The van der Waals surface area contributed by atoms with Gasteiger partial charge in [-0.3, -0.25) is 4.79 Å². The predicted molar refractivity (Wildman–Crippen MR) is 58.3 cm³/mol. The minimum atomic E-state index is -0.419. The second-order valence-electron chi connectivity index (χ2n) is 3.37. The minimum absolute atomic E-state index is 0.00299. The molecule has 0 spiro atoms. The molecule has 0 fully saturated rings. The number of carbonyl (C=O) groups excluding carboxylic acids is 2. The van der Waals surface area contributed by atoms with Crippen LogP contribution in [-0.2, 0) is 14.3 Å². The van der Waals surface area contributed by atoms with Crippen LogP contribution in [0.4, 0.5) is 0 Å². The molecule has 0 rings (SSSR count). The Morgan fingerprint density at radius 3 is 2.60 bits per heavy atom. The van der Waals surface area contributed by atoms with Gasteiger partial charge in [-0.15, -0.1) is 0 Å². The highest BCUT2D eigenvalue weighted by Gasteiger charge is 2.03. The van der Waals surface area contributed by atoms with Crippen molar-refractivity contribution in [3.63, 3.8) is 0 Å². The quantitative estimate of drug-likeness (QED) is 0.395. The molecule has 4 nitrogen and oxygen atoms in total. The highest BCUT2D eigenvalue weighted by atomic mass is 16.5. The first-order chi connectivity index (χ1) is 7.07. The van der Waals surface area contributed by atoms with Crippen molar-refractivity contribution >= 4 is 11.9 Å². The molecule has 0 aromatic rings. The molecule has 86 valence electrons. The SMILES string of the molecule is C=C(C)C(=O)OCCNC(=O)CCCC. The summed E-state index contributed by atoms with van der Waals surface area (Å²) < 4.78 is 4.81. The van der Waals surface area contributed by atoms with Gasteiger partial charge in [-0.1, -0.05) is 19.9 Å². The number of hydrogen-bond acceptors (Lipinski definition) is 3. The second kappa shape index (κ2) is 8.03. The Morgan fingerprint density at radius 1 is 1.40 bits per heavy atom. The van der Waals surface area contributed by atoms with Crippen LogP contribution >= 0.6 is 0 Å². The largest absolute Gasteiger partial charge is 0.460 e. The molecule has 0 saturated heterocycles. The fraction of sp³-hybridized carbons (Fsp3) is 0.636. The average molecular weight is 213 g/mol. The lowest BCUT2D eigenvalue weighted by Crippen LogP contribution is -2.27. The Morgan fingerprint density at radius 2 is 2.07 bits per heavy atom. The van der Waals surface area contributed by atoms with E-state index in [-0.39, 0.29) is 12.5 Å². The average Bonchev–Trinajstić information content (AvgIpc) is 2.20. The van der Waals surface area contributed by atoms with Crippen LogP contribution in [0.3, 0.4) is 0 Å². The lowest BCUT2D eigenvalue weighted by molar-refractivity contribution is -0.139. The zero-order valence-corrected chi connectivity index (χ0v) is 9.47. The number of hydrogen-bond donors (Lipinski definition) is 1. The highest BCUT2D eigenvalue weighted by molar-refractivity contribution is 5.86. The molecule has 0 atom stereocenters. The number of nitrogens with one attached hydrogen (secondary N) is 1. The van der Waals surface area contributed by atoms with E-state index in [1.54, 1.807) is 6.92 Å². The van der Waals surface area contributed by atoms with Crippen LogP contribution in [0.15, 0.2) is 12.2 Å². The third-order valence-electron chi connectivity index (χ3n) is 1.76. The summed E-state index contributed by atoms with van der Waals surface area (Å²) in [6.07, 6.45) is 2.42. The standard InChI is InChI=1S/C11H19NO3/c1-4-5-6-10(13)12-7-8-15-11(14)9(2)3/h2,4-8H2,1,3H3,(H,12,13). The van der Waals surface area contributed by atoms with Crippen LogP contribution in [0.25, 0.3) is 0 Å². The molecule has 0 saturated carbocycles. The van der Waals surface area contributed by atoms with Gasteiger partial charge in [-0.25, -0.2) is 4.79 Å². The van der Waals surface area contributed by atoms with Gasteiger partial charge < -0.3 is 10.1 Å². The maximum absolute atomic E-state index is 11.1. The van der Waals surface area contributed by atoms with Crippen molar-refractivity contribution in [3.8, 4) is 0 Å². The van der Waals surface area contributed by atoms with Gasteiger partial charge in [-0.2, -0.15) is 0 Å². The first-order valence-electron chi connectivity index (χ1n) is 5.17. The molecule has 1 amide bonds. The van der Waals surface area contributed by atoms with E-state index >= 15 is 0 Å². The van der Waals surface area contributed by atoms with Crippen LogP contribution in [0, 0.1) is 0 Å². The first kappa shape index (κ1) is 13.7. The molecule has 0 aliphatic rings. The lowest BCUT2D eigenvalue weighted by atomic mass is 10.2. The topological polar surface area (TPSA) is 55.4 Å². The predicted octanol–water partition coefficient (Wildman–Crippen LogP) is 1.41. The third kappa shape index (κ3) is 7.73. The molecular formula is C11H19NO3. The van der Waals surface area contributed by atoms with Gasteiger partial charge in [0.15, 0.2) is 0 Å². The van der Waals surface area contributed by atoms with Crippen LogP contribution in [0.2, 0.25) is 0 Å². The molecular weight excluding hydrogens is 194 g/mol. The Balaban J connectivity index is 3.42. The molecule has 4 heteroatoms. The van der Waals surface area contributed by atoms with E-state index in [0.717, 1.165) is 12.8 Å². The molecule has 0 bridgehead atoms. The van der Waals surface area contributed by atoms with Crippen molar-refractivity contribution in [3.05, 3.63) is 12.2 Å². The van der Waals surface area contributed by atoms with E-state index in [4.69, 9.17) is 4.74 Å². The van der Waals surface area contributed by atoms with Gasteiger partial charge in [0.1, 0.15) is 6.61 Å². The fourth-order valence-electron chi connectivity index (χ4n) is 0.883. The van der Waals surface area contributed by atoms with Gasteiger partial charge in [0, 0.05) is 12.0 Å². The maximum atomic E-state index is 11.1. The molecule has 0 aliphatic heterocycles. The van der Waals surface area contributed by atoms with Crippen molar-refractivity contribution in [2.75, 3.05) is 13.2 Å². The number of unbranched alkanes of at least 4 members (excludes halogenated alkanes) is 1. The Hall–Kier alpha value is -1.32. The molecule has 0 aromatic heterocycles. The number of amides is 1. The van der Waals surface area contributed by atoms with Gasteiger partial charge >= 0.3 is 5.97 Å². The summed E-state index contributed by atoms with van der Waals surface area (Å²) in [4.78, 5) is 22.0. The van der Waals surface area contributed by atoms with E-state index < -0.39 is 5.97 Å². The van der Waals surface area contributed by atoms with Crippen LogP contribution < -0.4 is 5.32 Å². The lowest BCUT2D eigenvalue weighted by Gasteiger charge is -2.05. The monoisotopic (exact) mass is 213 g/mol. The molecule has 0 aliphatic carbocycles. The zero-order valence-electron chi connectivity index (χ0n) is 9.47. The van der Waals surface area contributed by atoms with Crippen molar-refractivity contribution < 1.29 is 14.3 Å². The highest BCUT2D eigenvalue weighted by Crippen LogP contribution is 1.93. The molecule has 0 unspecified atom stereocenters. The van der Waals surface area contributed by atoms with Crippen molar-refractivity contribution in [2.45, 2.75) is 33.1 Å². The number of rotatable bonds is 7. The Bertz CT molecular complexity index is 236. The normalized spacial score (nSPS) is 9.47. The summed E-state index contributed by atoms with van der Waals surface area (Å²) in [6.45, 7) is 7.62. The maximum Gasteiger partial charge on any atom is 0.333 e. The van der Waals surface area contributed by atoms with Gasteiger partial charge in [0.25, 0.3) is 0 Å². The van der Waals surface area contributed by atoms with Gasteiger partial charge in [0.05, 0.1) is 6.54 Å². The molecule has 0 aromatic carbocycles. The van der Waals surface area contributed by atoms with Crippen LogP contribution in [0.1, 0.15) is 33.1 Å². The van der Waals surface area contributed by atoms with Crippen molar-refractivity contribution in [1.82, 2.24) is 5.32 Å². The summed E-state index contributed by atoms with van der Waals surface area (Å²) in [5.41, 5.74) is 0.368. The van der Waals surface area contributed by atoms with Crippen LogP contribution in [0.5, 0.6) is 0 Å². The fourth-order valence-corrected chi connectivity index (χ4v) is 0.883. The second-order valence-corrected chi connectivity index (χ2v) is 3.37. The Kier molecular flexibility index (Phi) is 7.32. The van der Waals surface area contributed by atoms with Gasteiger partial charge in [0.2, 0.25) is 5.91 Å². The Labute approximate surface area is 90.7 Å². The van der Waals surface area contributed by atoms with E-state index in [9.17, 15) is 9.59 Å². The summed E-state index contributed by atoms with van der Waals surface area (Å²) in [7, 11) is 0. The number of esters is 1. The summed E-state index contributed by atoms with van der Waals surface area (Å²) in [5.74, 6) is -0.416. The minimum Gasteiger partial charge on any atom is -0.460 e. The van der Waals surface area contributed by atoms with E-state index in [1.165, 1.54) is 0 Å². The molecule has 15 heavy (non-hydrogen) atoms. The molecule has 1 N–H and O–H groups in total.